The van der Waals surface area contributed by atoms with Crippen LogP contribution in [0.25, 0.3) is 0 Å². The third-order valence-corrected chi connectivity index (χ3v) is 8.14. The second kappa shape index (κ2) is 12.4. The number of halogens is 2. The highest BCUT2D eigenvalue weighted by atomic mass is 35.5. The molecule has 0 spiro atoms. The summed E-state index contributed by atoms with van der Waals surface area (Å²) in [5, 5.41) is 3.12. The highest BCUT2D eigenvalue weighted by Crippen LogP contribution is 2.29. The molecule has 1 N–H and O–H groups in total. The number of nitrogens with one attached hydrogen (secondary N) is 1. The number of hydrogen-bond acceptors (Lipinski definition) is 5. The molecule has 0 saturated heterocycles. The zero-order valence-corrected chi connectivity index (χ0v) is 23.1. The van der Waals surface area contributed by atoms with Gasteiger partial charge in [-0.15, -0.1) is 0 Å². The van der Waals surface area contributed by atoms with Gasteiger partial charge in [-0.05, 0) is 42.0 Å². The van der Waals surface area contributed by atoms with Crippen molar-refractivity contribution >= 4 is 50.6 Å². The maximum absolute atomic E-state index is 13.7. The van der Waals surface area contributed by atoms with Gasteiger partial charge in [0.2, 0.25) is 15.9 Å². The molecule has 0 fully saturated rings. The van der Waals surface area contributed by atoms with Crippen LogP contribution in [0.5, 0.6) is 5.75 Å². The minimum Gasteiger partial charge on any atom is -0.495 e. The Hall–Kier alpha value is -3.69. The number of methoxy groups -OCH3 is 1. The summed E-state index contributed by atoms with van der Waals surface area (Å²) in [6, 6.07) is 26.1. The standard InChI is InChI=1S/C29H24Cl2N2O5S/c1-38-27-15-13-23(17-25(27)31)39(36,37)33(18-20-8-4-2-5-9-20)19-28(34)32-26-14-12-22(30)16-24(26)29(35)21-10-6-3-7-11-21/h2-17H,18-19H2,1H3,(H,32,34). The van der Waals surface area contributed by atoms with Crippen molar-refractivity contribution in [3.05, 3.63) is 124 Å². The fourth-order valence-electron chi connectivity index (χ4n) is 3.88. The largest absolute Gasteiger partial charge is 0.495 e. The molecular formula is C29H24Cl2N2O5S. The summed E-state index contributed by atoms with van der Waals surface area (Å²) in [6.07, 6.45) is 0. The molecule has 0 saturated carbocycles. The molecule has 0 aliphatic rings. The van der Waals surface area contributed by atoms with E-state index in [2.05, 4.69) is 5.32 Å². The van der Waals surface area contributed by atoms with Crippen LogP contribution in [0.3, 0.4) is 0 Å². The van der Waals surface area contributed by atoms with E-state index in [-0.39, 0.29) is 33.5 Å². The lowest BCUT2D eigenvalue weighted by atomic mass is 10.0. The fraction of sp³-hybridized carbons (Fsp3) is 0.103. The molecule has 4 aromatic carbocycles. The summed E-state index contributed by atoms with van der Waals surface area (Å²) in [6.45, 7) is -0.598. The normalized spacial score (nSPS) is 11.3. The van der Waals surface area contributed by atoms with E-state index in [4.69, 9.17) is 27.9 Å². The lowest BCUT2D eigenvalue weighted by molar-refractivity contribution is -0.116. The average molecular weight is 583 g/mol. The van der Waals surface area contributed by atoms with Gasteiger partial charge in [-0.25, -0.2) is 8.42 Å². The second-order valence-corrected chi connectivity index (χ2v) is 11.3. The molecule has 1 amide bonds. The van der Waals surface area contributed by atoms with Gasteiger partial charge in [0.1, 0.15) is 5.75 Å². The first-order valence-corrected chi connectivity index (χ1v) is 14.0. The number of benzene rings is 4. The van der Waals surface area contributed by atoms with Gasteiger partial charge in [0.05, 0.1) is 29.3 Å². The van der Waals surface area contributed by atoms with Gasteiger partial charge in [0, 0.05) is 22.7 Å². The van der Waals surface area contributed by atoms with E-state index >= 15 is 0 Å². The van der Waals surface area contributed by atoms with Gasteiger partial charge >= 0.3 is 0 Å². The lowest BCUT2D eigenvalue weighted by Crippen LogP contribution is -2.37. The van der Waals surface area contributed by atoms with Crippen molar-refractivity contribution in [1.29, 1.82) is 0 Å². The van der Waals surface area contributed by atoms with Crippen LogP contribution in [0, 0.1) is 0 Å². The Balaban J connectivity index is 1.64. The van der Waals surface area contributed by atoms with E-state index in [0.29, 0.717) is 21.9 Å². The zero-order valence-electron chi connectivity index (χ0n) is 20.8. The van der Waals surface area contributed by atoms with Crippen molar-refractivity contribution in [1.82, 2.24) is 4.31 Å². The number of carbonyl (C=O) groups excluding carboxylic acids is 2. The fourth-order valence-corrected chi connectivity index (χ4v) is 5.78. The number of ether oxygens (including phenoxy) is 1. The maximum atomic E-state index is 13.7. The summed E-state index contributed by atoms with van der Waals surface area (Å²) in [5.74, 6) is -0.657. The summed E-state index contributed by atoms with van der Waals surface area (Å²) >= 11 is 12.3. The number of hydrogen-bond donors (Lipinski definition) is 1. The average Bonchev–Trinajstić information content (AvgIpc) is 2.94. The first kappa shape index (κ1) is 28.3. The van der Waals surface area contributed by atoms with Crippen molar-refractivity contribution in [3.63, 3.8) is 0 Å². The van der Waals surface area contributed by atoms with E-state index in [9.17, 15) is 18.0 Å². The minimum atomic E-state index is -4.17. The molecule has 4 aromatic rings. The molecule has 200 valence electrons. The third kappa shape index (κ3) is 6.85. The maximum Gasteiger partial charge on any atom is 0.243 e. The Morgan fingerprint density at radius 3 is 2.18 bits per heavy atom. The van der Waals surface area contributed by atoms with Gasteiger partial charge in [-0.3, -0.25) is 9.59 Å². The molecule has 4 rings (SSSR count). The third-order valence-electron chi connectivity index (χ3n) is 5.82. The molecule has 0 aliphatic carbocycles. The van der Waals surface area contributed by atoms with Crippen LogP contribution < -0.4 is 10.1 Å². The molecule has 7 nitrogen and oxygen atoms in total. The number of nitrogens with zero attached hydrogens (tertiary/aromatic N) is 1. The monoisotopic (exact) mass is 582 g/mol. The molecule has 0 heterocycles. The Morgan fingerprint density at radius 2 is 1.54 bits per heavy atom. The number of ketones is 1. The molecule has 0 aromatic heterocycles. The first-order valence-electron chi connectivity index (χ1n) is 11.8. The molecule has 10 heteroatoms. The van der Waals surface area contributed by atoms with Crippen LogP contribution in [-0.4, -0.2) is 38.1 Å². The molecule has 0 bridgehead atoms. The van der Waals surface area contributed by atoms with E-state index in [1.807, 2.05) is 6.07 Å². The highest BCUT2D eigenvalue weighted by molar-refractivity contribution is 7.89. The van der Waals surface area contributed by atoms with E-state index in [1.165, 1.54) is 43.5 Å². The number of rotatable bonds is 10. The van der Waals surface area contributed by atoms with E-state index < -0.39 is 22.5 Å². The highest BCUT2D eigenvalue weighted by Gasteiger charge is 2.28. The number of sulfonamides is 1. The van der Waals surface area contributed by atoms with Crippen LogP contribution in [0.15, 0.2) is 102 Å². The molecular weight excluding hydrogens is 559 g/mol. The van der Waals surface area contributed by atoms with Gasteiger partial charge in [0.15, 0.2) is 5.78 Å². The predicted octanol–water partition coefficient (Wildman–Crippen LogP) is 6.06. The molecule has 0 unspecified atom stereocenters. The zero-order chi connectivity index (χ0) is 28.0. The molecule has 39 heavy (non-hydrogen) atoms. The van der Waals surface area contributed by atoms with Crippen molar-refractivity contribution in [3.8, 4) is 5.75 Å². The van der Waals surface area contributed by atoms with E-state index in [1.54, 1.807) is 54.6 Å². The van der Waals surface area contributed by atoms with Crippen molar-refractivity contribution in [2.45, 2.75) is 11.4 Å². The SMILES string of the molecule is COc1ccc(S(=O)(=O)N(CC(=O)Nc2ccc(Cl)cc2C(=O)c2ccccc2)Cc2ccccc2)cc1Cl. The lowest BCUT2D eigenvalue weighted by Gasteiger charge is -2.23. The first-order chi connectivity index (χ1) is 18.7. The van der Waals surface area contributed by atoms with Crippen LogP contribution >= 0.6 is 23.2 Å². The van der Waals surface area contributed by atoms with Gasteiger partial charge in [-0.1, -0.05) is 83.9 Å². The summed E-state index contributed by atoms with van der Waals surface area (Å²) in [4.78, 5) is 26.3. The Bertz CT molecular complexity index is 1600. The quantitative estimate of drug-likeness (QED) is 0.229. The van der Waals surface area contributed by atoms with Crippen molar-refractivity contribution < 1.29 is 22.7 Å². The predicted molar refractivity (Wildman–Crippen MR) is 152 cm³/mol. The van der Waals surface area contributed by atoms with Crippen LogP contribution in [0.1, 0.15) is 21.5 Å². The van der Waals surface area contributed by atoms with Crippen molar-refractivity contribution in [2.24, 2.45) is 0 Å². The van der Waals surface area contributed by atoms with Crippen LogP contribution in [0.2, 0.25) is 10.0 Å². The Labute approximate surface area is 237 Å². The van der Waals surface area contributed by atoms with Gasteiger partial charge in [-0.2, -0.15) is 4.31 Å². The Morgan fingerprint density at radius 1 is 0.872 bits per heavy atom. The number of amides is 1. The number of anilines is 1. The summed E-state index contributed by atoms with van der Waals surface area (Å²) in [7, 11) is -2.74. The summed E-state index contributed by atoms with van der Waals surface area (Å²) in [5.41, 5.74) is 1.49. The molecule has 0 aliphatic heterocycles. The topological polar surface area (TPSA) is 92.8 Å². The second-order valence-electron chi connectivity index (χ2n) is 8.49. The molecule has 0 radical (unpaired) electrons. The Kier molecular flexibility index (Phi) is 9.04. The van der Waals surface area contributed by atoms with Crippen LogP contribution in [0.4, 0.5) is 5.69 Å². The molecule has 0 atom stereocenters. The number of carbonyl (C=O) groups is 2. The van der Waals surface area contributed by atoms with Crippen LogP contribution in [-0.2, 0) is 21.4 Å². The van der Waals surface area contributed by atoms with Gasteiger partial charge in [0.25, 0.3) is 0 Å². The smallest absolute Gasteiger partial charge is 0.243 e. The van der Waals surface area contributed by atoms with E-state index in [0.717, 1.165) is 4.31 Å². The van der Waals surface area contributed by atoms with Gasteiger partial charge < -0.3 is 10.1 Å². The summed E-state index contributed by atoms with van der Waals surface area (Å²) < 4.78 is 33.5. The minimum absolute atomic E-state index is 0.0728. The van der Waals surface area contributed by atoms with Crippen molar-refractivity contribution in [2.75, 3.05) is 19.0 Å².